The van der Waals surface area contributed by atoms with Gasteiger partial charge in [0.1, 0.15) is 0 Å². The van der Waals surface area contributed by atoms with Crippen molar-refractivity contribution in [2.45, 2.75) is 19.9 Å². The zero-order valence-corrected chi connectivity index (χ0v) is 13.8. The van der Waals surface area contributed by atoms with Gasteiger partial charge < -0.3 is 16.4 Å². The zero-order valence-electron chi connectivity index (χ0n) is 13.8. The van der Waals surface area contributed by atoms with Gasteiger partial charge in [0, 0.05) is 24.2 Å². The standard InChI is InChI=1S/C19H23N3O2/c1-14-5-2-3-6-17(14)19(24)22-13-15-7-9-16(10-8-15)18(23)21-12-4-11-20/h2-3,5-10H,4,11-13,20H2,1H3,(H,21,23)(H,22,24). The van der Waals surface area contributed by atoms with Crippen LogP contribution in [0.5, 0.6) is 0 Å². The maximum Gasteiger partial charge on any atom is 0.251 e. The minimum absolute atomic E-state index is 0.100. The van der Waals surface area contributed by atoms with Gasteiger partial charge in [0.2, 0.25) is 0 Å². The number of amides is 2. The molecule has 5 nitrogen and oxygen atoms in total. The second kappa shape index (κ2) is 8.84. The number of nitrogens with one attached hydrogen (secondary N) is 2. The first kappa shape index (κ1) is 17.7. The van der Waals surface area contributed by atoms with Crippen molar-refractivity contribution >= 4 is 11.8 Å². The summed E-state index contributed by atoms with van der Waals surface area (Å²) in [5, 5.41) is 5.70. The number of carbonyl (C=O) groups excluding carboxylic acids is 2. The van der Waals surface area contributed by atoms with E-state index in [2.05, 4.69) is 10.6 Å². The van der Waals surface area contributed by atoms with E-state index in [9.17, 15) is 9.59 Å². The minimum Gasteiger partial charge on any atom is -0.352 e. The largest absolute Gasteiger partial charge is 0.352 e. The first-order chi connectivity index (χ1) is 11.6. The number of carbonyl (C=O) groups is 2. The summed E-state index contributed by atoms with van der Waals surface area (Å²) in [5.41, 5.74) is 8.55. The Morgan fingerprint density at radius 2 is 1.67 bits per heavy atom. The molecule has 126 valence electrons. The van der Waals surface area contributed by atoms with E-state index in [1.54, 1.807) is 18.2 Å². The molecule has 0 aliphatic carbocycles. The van der Waals surface area contributed by atoms with Crippen LogP contribution >= 0.6 is 0 Å². The summed E-state index contributed by atoms with van der Waals surface area (Å²) in [6.45, 7) is 3.46. The summed E-state index contributed by atoms with van der Waals surface area (Å²) in [4.78, 5) is 24.1. The van der Waals surface area contributed by atoms with Gasteiger partial charge in [-0.25, -0.2) is 0 Å². The van der Waals surface area contributed by atoms with Crippen LogP contribution in [0.1, 0.15) is 38.3 Å². The van der Waals surface area contributed by atoms with Crippen molar-refractivity contribution in [1.29, 1.82) is 0 Å². The number of aryl methyl sites for hydroxylation is 1. The molecule has 2 rings (SSSR count). The van der Waals surface area contributed by atoms with Gasteiger partial charge in [-0.05, 0) is 49.2 Å². The van der Waals surface area contributed by atoms with E-state index in [0.29, 0.717) is 30.8 Å². The monoisotopic (exact) mass is 325 g/mol. The van der Waals surface area contributed by atoms with E-state index in [1.807, 2.05) is 37.3 Å². The molecule has 24 heavy (non-hydrogen) atoms. The summed E-state index contributed by atoms with van der Waals surface area (Å²) in [5.74, 6) is -0.212. The van der Waals surface area contributed by atoms with E-state index < -0.39 is 0 Å². The number of nitrogens with two attached hydrogens (primary N) is 1. The third-order valence-corrected chi connectivity index (χ3v) is 3.73. The predicted molar refractivity (Wildman–Crippen MR) is 94.8 cm³/mol. The van der Waals surface area contributed by atoms with Gasteiger partial charge in [-0.3, -0.25) is 9.59 Å². The molecule has 0 aliphatic heterocycles. The van der Waals surface area contributed by atoms with Crippen molar-refractivity contribution in [2.75, 3.05) is 13.1 Å². The molecule has 2 aromatic rings. The Kier molecular flexibility index (Phi) is 6.51. The molecular formula is C19H23N3O2. The van der Waals surface area contributed by atoms with Crippen LogP contribution in [0.25, 0.3) is 0 Å². The molecule has 0 atom stereocenters. The summed E-state index contributed by atoms with van der Waals surface area (Å²) < 4.78 is 0. The van der Waals surface area contributed by atoms with Crippen molar-refractivity contribution in [3.63, 3.8) is 0 Å². The van der Waals surface area contributed by atoms with E-state index in [0.717, 1.165) is 17.5 Å². The first-order valence-electron chi connectivity index (χ1n) is 8.03. The predicted octanol–water partition coefficient (Wildman–Crippen LogP) is 2.00. The zero-order chi connectivity index (χ0) is 17.4. The number of hydrogen-bond donors (Lipinski definition) is 3. The van der Waals surface area contributed by atoms with Crippen LogP contribution in [0, 0.1) is 6.92 Å². The fourth-order valence-corrected chi connectivity index (χ4v) is 2.29. The van der Waals surface area contributed by atoms with Crippen molar-refractivity contribution in [1.82, 2.24) is 10.6 Å². The molecule has 0 fully saturated rings. The topological polar surface area (TPSA) is 84.2 Å². The van der Waals surface area contributed by atoms with Gasteiger partial charge in [-0.2, -0.15) is 0 Å². The molecule has 0 radical (unpaired) electrons. The highest BCUT2D eigenvalue weighted by molar-refractivity contribution is 5.95. The molecule has 0 saturated carbocycles. The van der Waals surface area contributed by atoms with E-state index >= 15 is 0 Å². The highest BCUT2D eigenvalue weighted by Gasteiger charge is 2.08. The average molecular weight is 325 g/mol. The molecule has 0 unspecified atom stereocenters. The molecule has 2 aromatic carbocycles. The fourth-order valence-electron chi connectivity index (χ4n) is 2.29. The molecule has 5 heteroatoms. The lowest BCUT2D eigenvalue weighted by atomic mass is 10.1. The molecule has 0 saturated heterocycles. The Balaban J connectivity index is 1.89. The maximum absolute atomic E-state index is 12.2. The Hall–Kier alpha value is -2.66. The third kappa shape index (κ3) is 4.93. The summed E-state index contributed by atoms with van der Waals surface area (Å²) in [7, 11) is 0. The van der Waals surface area contributed by atoms with Crippen molar-refractivity contribution in [3.05, 3.63) is 70.8 Å². The Morgan fingerprint density at radius 3 is 2.33 bits per heavy atom. The molecular weight excluding hydrogens is 302 g/mol. The highest BCUT2D eigenvalue weighted by atomic mass is 16.2. The van der Waals surface area contributed by atoms with Gasteiger partial charge in [-0.15, -0.1) is 0 Å². The first-order valence-corrected chi connectivity index (χ1v) is 8.03. The SMILES string of the molecule is Cc1ccccc1C(=O)NCc1ccc(C(=O)NCCCN)cc1. The van der Waals surface area contributed by atoms with Gasteiger partial charge in [0.05, 0.1) is 0 Å². The van der Waals surface area contributed by atoms with Crippen LogP contribution in [0.2, 0.25) is 0 Å². The Morgan fingerprint density at radius 1 is 0.958 bits per heavy atom. The quantitative estimate of drug-likeness (QED) is 0.681. The lowest BCUT2D eigenvalue weighted by Crippen LogP contribution is -2.26. The highest BCUT2D eigenvalue weighted by Crippen LogP contribution is 2.08. The van der Waals surface area contributed by atoms with Crippen molar-refractivity contribution in [2.24, 2.45) is 5.73 Å². The molecule has 4 N–H and O–H groups in total. The molecule has 2 amide bonds. The van der Waals surface area contributed by atoms with Crippen LogP contribution in [0.3, 0.4) is 0 Å². The molecule has 0 bridgehead atoms. The number of hydrogen-bond acceptors (Lipinski definition) is 3. The van der Waals surface area contributed by atoms with Crippen LogP contribution < -0.4 is 16.4 Å². The number of benzene rings is 2. The minimum atomic E-state index is -0.112. The van der Waals surface area contributed by atoms with Gasteiger partial charge in [0.15, 0.2) is 0 Å². The average Bonchev–Trinajstić information content (AvgIpc) is 2.60. The fraction of sp³-hybridized carbons (Fsp3) is 0.263. The molecule has 0 spiro atoms. The second-order valence-corrected chi connectivity index (χ2v) is 5.59. The maximum atomic E-state index is 12.2. The van der Waals surface area contributed by atoms with Crippen LogP contribution in [0.4, 0.5) is 0 Å². The Bertz CT molecular complexity index is 696. The smallest absolute Gasteiger partial charge is 0.251 e. The van der Waals surface area contributed by atoms with Gasteiger partial charge in [0.25, 0.3) is 11.8 Å². The van der Waals surface area contributed by atoms with Gasteiger partial charge in [-0.1, -0.05) is 30.3 Å². The van der Waals surface area contributed by atoms with Gasteiger partial charge >= 0.3 is 0 Å². The Labute approximate surface area is 142 Å². The third-order valence-electron chi connectivity index (χ3n) is 3.73. The van der Waals surface area contributed by atoms with E-state index in [4.69, 9.17) is 5.73 Å². The lowest BCUT2D eigenvalue weighted by Gasteiger charge is -2.08. The summed E-state index contributed by atoms with van der Waals surface area (Å²) in [6.07, 6.45) is 0.759. The van der Waals surface area contributed by atoms with Crippen molar-refractivity contribution < 1.29 is 9.59 Å². The summed E-state index contributed by atoms with van der Waals surface area (Å²) in [6, 6.07) is 14.7. The van der Waals surface area contributed by atoms with Crippen molar-refractivity contribution in [3.8, 4) is 0 Å². The second-order valence-electron chi connectivity index (χ2n) is 5.59. The molecule has 0 aliphatic rings. The van der Waals surface area contributed by atoms with E-state index in [-0.39, 0.29) is 11.8 Å². The molecule has 0 aromatic heterocycles. The number of rotatable bonds is 7. The molecule has 0 heterocycles. The summed E-state index contributed by atoms with van der Waals surface area (Å²) >= 11 is 0. The normalized spacial score (nSPS) is 10.2. The van der Waals surface area contributed by atoms with Crippen LogP contribution in [-0.2, 0) is 6.54 Å². The van der Waals surface area contributed by atoms with Crippen LogP contribution in [-0.4, -0.2) is 24.9 Å². The van der Waals surface area contributed by atoms with E-state index in [1.165, 1.54) is 0 Å². The van der Waals surface area contributed by atoms with Crippen LogP contribution in [0.15, 0.2) is 48.5 Å². The lowest BCUT2D eigenvalue weighted by molar-refractivity contribution is 0.0942.